The van der Waals surface area contributed by atoms with Gasteiger partial charge in [-0.3, -0.25) is 0 Å². The van der Waals surface area contributed by atoms with Crippen LogP contribution in [0.4, 0.5) is 68.2 Å². The Kier molecular flexibility index (Phi) is 21.8. The lowest BCUT2D eigenvalue weighted by atomic mass is 9.79. The summed E-state index contributed by atoms with van der Waals surface area (Å²) in [5.41, 5.74) is 27.8. The summed E-state index contributed by atoms with van der Waals surface area (Å²) in [7, 11) is 0. The van der Waals surface area contributed by atoms with Crippen LogP contribution in [0.5, 0.6) is 0 Å². The Morgan fingerprint density at radius 3 is 0.473 bits per heavy atom. The molecule has 0 amide bonds. The van der Waals surface area contributed by atoms with Gasteiger partial charge in [0.2, 0.25) is 0 Å². The minimum absolute atomic E-state index is 0.180. The summed E-state index contributed by atoms with van der Waals surface area (Å²) in [4.78, 5) is 10.8. The van der Waals surface area contributed by atoms with E-state index in [9.17, 15) is 0 Å². The Morgan fingerprint density at radius 2 is 0.330 bits per heavy atom. The van der Waals surface area contributed by atoms with Crippen LogP contribution in [0.3, 0.4) is 0 Å². The lowest BCUT2D eigenvalue weighted by Gasteiger charge is -2.38. The summed E-state index contributed by atoms with van der Waals surface area (Å²) in [5, 5.41) is 7.11. The van der Waals surface area contributed by atoms with Gasteiger partial charge in [-0.1, -0.05) is 343 Å². The molecule has 0 fully saturated rings. The molecule has 0 aliphatic rings. The van der Waals surface area contributed by atoms with Crippen LogP contribution < -0.4 is 19.6 Å². The average molecular weight is 1490 g/mol. The first-order chi connectivity index (χ1) is 51.9. The van der Waals surface area contributed by atoms with Crippen LogP contribution in [0, 0.1) is 0 Å². The summed E-state index contributed by atoms with van der Waals surface area (Å²) in [6.07, 6.45) is 0. The number of nitrogens with zero attached hydrogens (tertiary/aromatic N) is 4. The molecule has 0 heterocycles. The van der Waals surface area contributed by atoms with Crippen molar-refractivity contribution in [2.45, 2.75) is 289 Å². The lowest BCUT2D eigenvalue weighted by Crippen LogP contribution is -2.22. The first-order valence-corrected chi connectivity index (χ1v) is 41.9. The van der Waals surface area contributed by atoms with Crippen molar-refractivity contribution in [1.29, 1.82) is 0 Å². The molecule has 0 aliphatic heterocycles. The summed E-state index contributed by atoms with van der Waals surface area (Å²) in [6.45, 7) is 76.2. The van der Waals surface area contributed by atoms with Crippen LogP contribution in [-0.4, -0.2) is 0 Å². The quantitative estimate of drug-likeness (QED) is 0.0894. The molecule has 12 rings (SSSR count). The zero-order chi connectivity index (χ0) is 82.0. The molecule has 0 aliphatic carbocycles. The van der Waals surface area contributed by atoms with Crippen LogP contribution in [0.25, 0.3) is 32.3 Å². The molecule has 586 valence electrons. The van der Waals surface area contributed by atoms with Crippen molar-refractivity contribution in [1.82, 2.24) is 0 Å². The molecule has 0 aromatic heterocycles. The van der Waals surface area contributed by atoms with Crippen molar-refractivity contribution in [2.75, 3.05) is 19.6 Å². The third-order valence-corrected chi connectivity index (χ3v) is 23.6. The van der Waals surface area contributed by atoms with E-state index in [-0.39, 0.29) is 67.0 Å². The Hall–Kier alpha value is -9.12. The predicted octanol–water partition coefficient (Wildman–Crippen LogP) is 33.3. The van der Waals surface area contributed by atoms with Crippen molar-refractivity contribution in [3.05, 3.63) is 273 Å². The Bertz CT molecular complexity index is 4660. The maximum Gasteiger partial charge on any atom is 0.0561 e. The van der Waals surface area contributed by atoms with E-state index < -0.39 is 0 Å². The molecule has 4 nitrogen and oxygen atoms in total. The number of anilines is 12. The van der Waals surface area contributed by atoms with E-state index in [2.05, 4.69) is 447 Å². The molecular weight excluding hydrogens is 1350 g/mol. The standard InChI is InChI=1S/C108H134N4/c1-67(2)83-41-33-37-45-91(83)109(79-57-71(101(9,10)11)53-72(58-79)102(12,13)14)95-65-96(110(92-46-38-34-42-84(92)68(3)4)80-59-73(103(15,16)17)54-74(60-80)104(18,19)20)88-51-52-90-98(112(94-48-40-36-44-86(94)70(7)8)82-63-77(107(27,28)29)56-78(64-82)108(30,31)32)66-97(89-50-49-87(95)99(88)100(89)90)111(93-47-39-35-43-85(93)69(5)6)81-61-75(105(21,22)23)55-76(62-81)106(24,25)26/h33-70H,1-32H3. The summed E-state index contributed by atoms with van der Waals surface area (Å²) in [5.74, 6) is 0.748. The molecule has 0 saturated carbocycles. The van der Waals surface area contributed by atoms with E-state index in [0.29, 0.717) is 0 Å². The molecule has 4 heteroatoms. The van der Waals surface area contributed by atoms with E-state index in [1.807, 2.05) is 0 Å². The molecule has 0 radical (unpaired) electrons. The third-order valence-electron chi connectivity index (χ3n) is 23.6. The van der Waals surface area contributed by atoms with Gasteiger partial charge in [0, 0.05) is 77.8 Å². The van der Waals surface area contributed by atoms with Gasteiger partial charge in [-0.2, -0.15) is 0 Å². The highest BCUT2D eigenvalue weighted by Gasteiger charge is 2.36. The van der Waals surface area contributed by atoms with E-state index in [0.717, 1.165) is 45.5 Å². The van der Waals surface area contributed by atoms with Gasteiger partial charge in [0.15, 0.2) is 0 Å². The molecule has 0 atom stereocenters. The Morgan fingerprint density at radius 1 is 0.179 bits per heavy atom. The number of hydrogen-bond acceptors (Lipinski definition) is 4. The number of rotatable bonds is 16. The second kappa shape index (κ2) is 29.7. The fraction of sp³-hybridized carbons (Fsp3) is 0.407. The summed E-state index contributed by atoms with van der Waals surface area (Å²) < 4.78 is 0. The monoisotopic (exact) mass is 1490 g/mol. The van der Waals surface area contributed by atoms with Gasteiger partial charge in [0.25, 0.3) is 0 Å². The van der Waals surface area contributed by atoms with Crippen LogP contribution >= 0.6 is 0 Å². The van der Waals surface area contributed by atoms with Gasteiger partial charge in [0.05, 0.1) is 22.7 Å². The molecule has 0 saturated heterocycles. The average Bonchev–Trinajstić information content (AvgIpc) is 0.695. The van der Waals surface area contributed by atoms with E-state index in [4.69, 9.17) is 0 Å². The fourth-order valence-electron chi connectivity index (χ4n) is 16.4. The molecule has 0 spiro atoms. The second-order valence-electron chi connectivity index (χ2n) is 42.2. The molecule has 0 unspecified atom stereocenters. The fourth-order valence-corrected chi connectivity index (χ4v) is 16.4. The highest BCUT2D eigenvalue weighted by Crippen LogP contribution is 2.59. The molecule has 0 N–H and O–H groups in total. The minimum Gasteiger partial charge on any atom is -0.309 e. The van der Waals surface area contributed by atoms with Crippen molar-refractivity contribution < 1.29 is 0 Å². The van der Waals surface area contributed by atoms with Crippen LogP contribution in [-0.2, 0) is 43.3 Å². The maximum absolute atomic E-state index is 2.70. The highest BCUT2D eigenvalue weighted by atomic mass is 15.2. The maximum atomic E-state index is 2.70. The van der Waals surface area contributed by atoms with Crippen molar-refractivity contribution in [3.8, 4) is 0 Å². The predicted molar refractivity (Wildman–Crippen MR) is 495 cm³/mol. The van der Waals surface area contributed by atoms with E-state index in [1.165, 1.54) is 122 Å². The van der Waals surface area contributed by atoms with E-state index >= 15 is 0 Å². The molecular formula is C108H134N4. The van der Waals surface area contributed by atoms with Crippen molar-refractivity contribution in [3.63, 3.8) is 0 Å². The zero-order valence-corrected chi connectivity index (χ0v) is 74.7. The lowest BCUT2D eigenvalue weighted by molar-refractivity contribution is 0.568. The van der Waals surface area contributed by atoms with Gasteiger partial charge in [-0.25, -0.2) is 0 Å². The number of benzene rings is 12. The minimum atomic E-state index is -0.180. The Balaban J connectivity index is 1.45. The van der Waals surface area contributed by atoms with E-state index in [1.54, 1.807) is 0 Å². The topological polar surface area (TPSA) is 13.0 Å². The first kappa shape index (κ1) is 82.3. The van der Waals surface area contributed by atoms with Gasteiger partial charge in [-0.05, 0) is 219 Å². The van der Waals surface area contributed by atoms with Crippen molar-refractivity contribution >= 4 is 101 Å². The molecule has 112 heavy (non-hydrogen) atoms. The van der Waals surface area contributed by atoms with Crippen LogP contribution in [0.2, 0.25) is 0 Å². The smallest absolute Gasteiger partial charge is 0.0561 e. The summed E-state index contributed by atoms with van der Waals surface area (Å²) in [6, 6.07) is 82.7. The van der Waals surface area contributed by atoms with Crippen LogP contribution in [0.15, 0.2) is 206 Å². The molecule has 0 bridgehead atoms. The molecule has 12 aromatic rings. The summed E-state index contributed by atoms with van der Waals surface area (Å²) >= 11 is 0. The Labute approximate surface area is 677 Å². The van der Waals surface area contributed by atoms with Gasteiger partial charge in [0.1, 0.15) is 0 Å². The number of para-hydroxylation sites is 4. The molecule has 12 aromatic carbocycles. The van der Waals surface area contributed by atoms with Gasteiger partial charge < -0.3 is 19.6 Å². The van der Waals surface area contributed by atoms with Crippen molar-refractivity contribution in [2.24, 2.45) is 0 Å². The van der Waals surface area contributed by atoms with Crippen LogP contribution in [0.1, 0.15) is 312 Å². The number of hydrogen-bond donors (Lipinski definition) is 0. The second-order valence-corrected chi connectivity index (χ2v) is 42.2. The highest BCUT2D eigenvalue weighted by molar-refractivity contribution is 6.33. The third kappa shape index (κ3) is 16.2. The zero-order valence-electron chi connectivity index (χ0n) is 74.7. The van der Waals surface area contributed by atoms with Gasteiger partial charge in [-0.15, -0.1) is 0 Å². The SMILES string of the molecule is CC(C)c1ccccc1N(c1cc(C(C)(C)C)cc(C(C)(C)C)c1)c1cc(N(c2cc(C(C)(C)C)cc(C(C)(C)C)c2)c2ccccc2C(C)C)c2ccc3c(N(c4cc(C(C)(C)C)cc(C(C)(C)C)c4)c4ccccc4C(C)C)cc(N(c4cc(C(C)(C)C)cc(C(C)(C)C)c4)c4ccccc4C(C)C)c4ccc1c2c43. The first-order valence-electron chi connectivity index (χ1n) is 41.9. The normalized spacial score (nSPS) is 13.1. The largest absolute Gasteiger partial charge is 0.309 e. The van der Waals surface area contributed by atoms with Gasteiger partial charge >= 0.3 is 0 Å².